The molecule has 1 heterocycles. The summed E-state index contributed by atoms with van der Waals surface area (Å²) in [6.07, 6.45) is -11.3. The van der Waals surface area contributed by atoms with Crippen LogP contribution in [0.5, 0.6) is 0 Å². The van der Waals surface area contributed by atoms with Crippen LogP contribution in [0.15, 0.2) is 42.5 Å². The maximum Gasteiger partial charge on any atom is 0.416 e. The summed E-state index contributed by atoms with van der Waals surface area (Å²) in [4.78, 5) is 25.2. The third-order valence-electron chi connectivity index (χ3n) is 5.35. The van der Waals surface area contributed by atoms with Crippen LogP contribution in [0.2, 0.25) is 5.02 Å². The van der Waals surface area contributed by atoms with Gasteiger partial charge in [-0.1, -0.05) is 23.7 Å². The summed E-state index contributed by atoms with van der Waals surface area (Å²) >= 11 is 5.88. The molecule has 1 aliphatic heterocycles. The molecule has 1 saturated heterocycles. The Morgan fingerprint density at radius 3 is 2.00 bits per heavy atom. The first-order chi connectivity index (χ1) is 15.3. The van der Waals surface area contributed by atoms with Gasteiger partial charge < -0.3 is 15.3 Å². The lowest BCUT2D eigenvalue weighted by Crippen LogP contribution is -2.51. The van der Waals surface area contributed by atoms with Gasteiger partial charge in [-0.05, 0) is 42.3 Å². The van der Waals surface area contributed by atoms with Gasteiger partial charge in [0.05, 0.1) is 11.1 Å². The zero-order valence-electron chi connectivity index (χ0n) is 16.7. The van der Waals surface area contributed by atoms with Crippen LogP contribution in [-0.2, 0) is 12.4 Å². The Labute approximate surface area is 188 Å². The topological polar surface area (TPSA) is 69.6 Å². The first kappa shape index (κ1) is 24.7. The molecule has 0 spiro atoms. The van der Waals surface area contributed by atoms with E-state index in [0.29, 0.717) is 22.7 Å². The summed E-state index contributed by atoms with van der Waals surface area (Å²) in [7, 11) is 0. The number of carbonyl (C=O) groups is 2. The predicted octanol–water partition coefficient (Wildman–Crippen LogP) is 5.64. The molecular weight excluding hydrogens is 478 g/mol. The van der Waals surface area contributed by atoms with E-state index in [1.165, 1.54) is 0 Å². The van der Waals surface area contributed by atoms with Crippen molar-refractivity contribution in [1.82, 2.24) is 10.2 Å². The Morgan fingerprint density at radius 2 is 1.52 bits per heavy atom. The fourth-order valence-corrected chi connectivity index (χ4v) is 3.81. The van der Waals surface area contributed by atoms with Gasteiger partial charge in [-0.3, -0.25) is 4.79 Å². The fraction of sp³-hybridized carbons (Fsp3) is 0.333. The van der Waals surface area contributed by atoms with Crippen molar-refractivity contribution >= 4 is 23.6 Å². The molecule has 3 rings (SSSR count). The minimum Gasteiger partial charge on any atom is -0.465 e. The molecule has 2 aromatic rings. The number of hydrogen-bond acceptors (Lipinski definition) is 2. The number of amides is 2. The summed E-state index contributed by atoms with van der Waals surface area (Å²) < 4.78 is 78.7. The highest BCUT2D eigenvalue weighted by atomic mass is 35.5. The Bertz CT molecular complexity index is 1010. The average molecular weight is 495 g/mol. The number of benzene rings is 2. The number of piperidine rings is 1. The lowest BCUT2D eigenvalue weighted by molar-refractivity contribution is -0.143. The Morgan fingerprint density at radius 1 is 0.970 bits per heavy atom. The molecule has 33 heavy (non-hydrogen) atoms. The van der Waals surface area contributed by atoms with Crippen molar-refractivity contribution in [1.29, 1.82) is 0 Å². The van der Waals surface area contributed by atoms with Crippen LogP contribution in [0, 0.1) is 0 Å². The molecule has 0 aliphatic carbocycles. The maximum absolute atomic E-state index is 13.1. The van der Waals surface area contributed by atoms with Gasteiger partial charge in [-0.2, -0.15) is 26.3 Å². The van der Waals surface area contributed by atoms with E-state index in [2.05, 4.69) is 5.32 Å². The van der Waals surface area contributed by atoms with Crippen LogP contribution in [0.4, 0.5) is 31.1 Å². The molecule has 0 aromatic heterocycles. The van der Waals surface area contributed by atoms with Crippen molar-refractivity contribution < 1.29 is 41.0 Å². The molecule has 2 amide bonds. The second kappa shape index (κ2) is 9.12. The molecular formula is C21H17ClF6N2O3. The highest BCUT2D eigenvalue weighted by molar-refractivity contribution is 6.30. The first-order valence-corrected chi connectivity index (χ1v) is 9.97. The van der Waals surface area contributed by atoms with Crippen LogP contribution < -0.4 is 5.32 Å². The van der Waals surface area contributed by atoms with E-state index in [0.717, 1.165) is 4.90 Å². The second-order valence-electron chi connectivity index (χ2n) is 7.55. The Balaban J connectivity index is 1.92. The quantitative estimate of drug-likeness (QED) is 0.542. The number of carboxylic acid groups (broad SMARTS) is 1. The summed E-state index contributed by atoms with van der Waals surface area (Å²) in [5.74, 6) is -1.72. The molecule has 2 aromatic carbocycles. The standard InChI is InChI=1S/C21H17ClF6N2O3/c22-15-3-1-11(2-4-15)16-10-30(19(32)33)6-5-17(16)29-18(31)12-7-13(20(23,24)25)9-14(8-12)21(26,27)28/h1-4,7-9,16-17H,5-6,10H2,(H,29,31)(H,32,33)/t16-,17+/m0/s1. The van der Waals surface area contributed by atoms with Crippen molar-refractivity contribution in [3.63, 3.8) is 0 Å². The van der Waals surface area contributed by atoms with E-state index < -0.39 is 53.0 Å². The van der Waals surface area contributed by atoms with Gasteiger partial charge in [0.1, 0.15) is 0 Å². The number of nitrogens with one attached hydrogen (secondary N) is 1. The third kappa shape index (κ3) is 5.89. The van der Waals surface area contributed by atoms with Crippen molar-refractivity contribution in [3.05, 3.63) is 69.7 Å². The third-order valence-corrected chi connectivity index (χ3v) is 5.60. The molecule has 12 heteroatoms. The highest BCUT2D eigenvalue weighted by Gasteiger charge is 2.38. The lowest BCUT2D eigenvalue weighted by atomic mass is 9.86. The molecule has 5 nitrogen and oxygen atoms in total. The molecule has 0 radical (unpaired) electrons. The van der Waals surface area contributed by atoms with E-state index in [-0.39, 0.29) is 25.6 Å². The average Bonchev–Trinajstić information content (AvgIpc) is 2.73. The van der Waals surface area contributed by atoms with Crippen LogP contribution in [-0.4, -0.2) is 41.1 Å². The molecule has 0 unspecified atom stereocenters. The van der Waals surface area contributed by atoms with Crippen LogP contribution in [0.1, 0.15) is 39.4 Å². The highest BCUT2D eigenvalue weighted by Crippen LogP contribution is 2.36. The van der Waals surface area contributed by atoms with Gasteiger partial charge in [0, 0.05) is 35.6 Å². The predicted molar refractivity (Wildman–Crippen MR) is 106 cm³/mol. The van der Waals surface area contributed by atoms with Gasteiger partial charge >= 0.3 is 18.4 Å². The molecule has 2 atom stereocenters. The minimum absolute atomic E-state index is 0.0285. The molecule has 1 aliphatic rings. The van der Waals surface area contributed by atoms with E-state index in [9.17, 15) is 41.0 Å². The molecule has 0 saturated carbocycles. The van der Waals surface area contributed by atoms with E-state index in [1.807, 2.05) is 0 Å². The number of halogens is 7. The lowest BCUT2D eigenvalue weighted by Gasteiger charge is -2.38. The molecule has 1 fully saturated rings. The number of hydrogen-bond donors (Lipinski definition) is 2. The van der Waals surface area contributed by atoms with Gasteiger partial charge in [0.2, 0.25) is 0 Å². The maximum atomic E-state index is 13.1. The van der Waals surface area contributed by atoms with E-state index in [1.54, 1.807) is 24.3 Å². The van der Waals surface area contributed by atoms with E-state index >= 15 is 0 Å². The van der Waals surface area contributed by atoms with Crippen LogP contribution in [0.25, 0.3) is 0 Å². The molecule has 0 bridgehead atoms. The zero-order valence-corrected chi connectivity index (χ0v) is 17.4. The van der Waals surface area contributed by atoms with Gasteiger partial charge in [0.25, 0.3) is 5.91 Å². The molecule has 178 valence electrons. The summed E-state index contributed by atoms with van der Waals surface area (Å²) in [6.45, 7) is -0.000927. The van der Waals surface area contributed by atoms with Gasteiger partial charge in [-0.25, -0.2) is 4.79 Å². The van der Waals surface area contributed by atoms with Gasteiger partial charge in [0.15, 0.2) is 0 Å². The summed E-state index contributed by atoms with van der Waals surface area (Å²) in [5.41, 5.74) is -3.39. The Kier molecular flexibility index (Phi) is 6.83. The Hall–Kier alpha value is -2.95. The van der Waals surface area contributed by atoms with Gasteiger partial charge in [-0.15, -0.1) is 0 Å². The van der Waals surface area contributed by atoms with Crippen molar-refractivity contribution in [3.8, 4) is 0 Å². The van der Waals surface area contributed by atoms with Crippen LogP contribution >= 0.6 is 11.6 Å². The summed E-state index contributed by atoms with van der Waals surface area (Å²) in [5, 5.41) is 12.2. The second-order valence-corrected chi connectivity index (χ2v) is 7.99. The number of nitrogens with zero attached hydrogens (tertiary/aromatic N) is 1. The number of rotatable bonds is 3. The van der Waals surface area contributed by atoms with Crippen molar-refractivity contribution in [2.75, 3.05) is 13.1 Å². The van der Waals surface area contributed by atoms with E-state index in [4.69, 9.17) is 11.6 Å². The molecule has 2 N–H and O–H groups in total. The van der Waals surface area contributed by atoms with Crippen molar-refractivity contribution in [2.24, 2.45) is 0 Å². The number of carbonyl (C=O) groups excluding carboxylic acids is 1. The number of alkyl halides is 6. The summed E-state index contributed by atoms with van der Waals surface area (Å²) in [6, 6.07) is 6.25. The monoisotopic (exact) mass is 494 g/mol. The zero-order chi connectivity index (χ0) is 24.6. The largest absolute Gasteiger partial charge is 0.465 e. The minimum atomic E-state index is -5.09. The SMILES string of the molecule is O=C(N[C@@H]1CCN(C(=O)O)C[C@H]1c1ccc(Cl)cc1)c1cc(C(F)(F)F)cc(C(F)(F)F)c1. The first-order valence-electron chi connectivity index (χ1n) is 9.59. The smallest absolute Gasteiger partial charge is 0.416 e. The normalized spacial score (nSPS) is 19.3. The number of likely N-dealkylation sites (tertiary alicyclic amines) is 1. The van der Waals surface area contributed by atoms with Crippen LogP contribution in [0.3, 0.4) is 0 Å². The van der Waals surface area contributed by atoms with Crippen molar-refractivity contribution in [2.45, 2.75) is 30.7 Å². The fourth-order valence-electron chi connectivity index (χ4n) is 3.68.